The molecule has 3 aromatic rings. The monoisotopic (exact) mass is 643 g/mol. The molecule has 6 rings (SSSR count). The number of likely N-dealkylation sites (tertiary alicyclic amines) is 1. The Morgan fingerprint density at radius 3 is 2.70 bits per heavy atom. The van der Waals surface area contributed by atoms with Crippen LogP contribution < -0.4 is 9.64 Å². The number of piperazine rings is 1. The minimum atomic E-state index is -0.307. The standard InChI is InChI=1S/C32H34BrN7O3/c1-3-28(41)40-16-15-38(17-22(40)12-13-34)30-25-18-39(31(42)24-10-4-7-21-8-5-11-26(33)29(21)24)19-27(25)35-32(36-30)43-20-23-9-6-14-37(23)2/h3-5,7-8,10-11,22-23H,1,6,9,12,14-20H2,2H3/t22-,23-/m0/s1. The van der Waals surface area contributed by atoms with Crippen LogP contribution in [-0.2, 0) is 17.9 Å². The first-order chi connectivity index (χ1) is 20.9. The van der Waals surface area contributed by atoms with E-state index in [1.165, 1.54) is 6.08 Å². The number of carbonyl (C=O) groups is 2. The van der Waals surface area contributed by atoms with Crippen LogP contribution in [-0.4, -0.2) is 88.4 Å². The van der Waals surface area contributed by atoms with Crippen molar-refractivity contribution in [3.63, 3.8) is 0 Å². The number of aromatic nitrogens is 2. The molecule has 222 valence electrons. The molecule has 1 aromatic heterocycles. The lowest BCUT2D eigenvalue weighted by molar-refractivity contribution is -0.128. The van der Waals surface area contributed by atoms with Crippen LogP contribution in [0.25, 0.3) is 10.8 Å². The minimum Gasteiger partial charge on any atom is -0.462 e. The number of hydrogen-bond donors (Lipinski definition) is 0. The van der Waals surface area contributed by atoms with Gasteiger partial charge in [0, 0.05) is 46.7 Å². The lowest BCUT2D eigenvalue weighted by atomic mass is 10.0. The van der Waals surface area contributed by atoms with Crippen LogP contribution in [0.5, 0.6) is 6.01 Å². The zero-order valence-electron chi connectivity index (χ0n) is 24.2. The maximum atomic E-state index is 14.0. The Morgan fingerprint density at radius 1 is 1.14 bits per heavy atom. The Kier molecular flexibility index (Phi) is 8.32. The SMILES string of the molecule is C=CC(=O)N1CCN(c2nc(OC[C@@H]3CCCN3C)nc3c2CN(C(=O)c2cccc4cccc(Br)c24)C3)C[C@@H]1CC#N. The van der Waals surface area contributed by atoms with Gasteiger partial charge in [0.25, 0.3) is 5.91 Å². The van der Waals surface area contributed by atoms with Gasteiger partial charge in [0.15, 0.2) is 0 Å². The first-order valence-electron chi connectivity index (χ1n) is 14.6. The van der Waals surface area contributed by atoms with Gasteiger partial charge in [-0.2, -0.15) is 15.2 Å². The highest BCUT2D eigenvalue weighted by molar-refractivity contribution is 9.10. The van der Waals surface area contributed by atoms with E-state index in [0.717, 1.165) is 45.9 Å². The normalized spacial score (nSPS) is 20.3. The summed E-state index contributed by atoms with van der Waals surface area (Å²) in [6.45, 7) is 7.24. The number of halogens is 1. The molecule has 4 heterocycles. The molecule has 0 radical (unpaired) electrons. The molecule has 0 unspecified atom stereocenters. The van der Waals surface area contributed by atoms with Gasteiger partial charge in [0.1, 0.15) is 12.4 Å². The van der Waals surface area contributed by atoms with Crippen molar-refractivity contribution in [2.45, 2.75) is 44.4 Å². The first-order valence-corrected chi connectivity index (χ1v) is 15.4. The van der Waals surface area contributed by atoms with Crippen LogP contribution >= 0.6 is 15.9 Å². The summed E-state index contributed by atoms with van der Waals surface area (Å²) in [5.74, 6) is 0.429. The number of nitrogens with zero attached hydrogens (tertiary/aromatic N) is 7. The number of fused-ring (bicyclic) bond motifs is 2. The predicted molar refractivity (Wildman–Crippen MR) is 167 cm³/mol. The molecule has 3 aliphatic heterocycles. The van der Waals surface area contributed by atoms with Crippen LogP contribution in [0.1, 0.15) is 40.9 Å². The smallest absolute Gasteiger partial charge is 0.318 e. The Labute approximate surface area is 259 Å². The van der Waals surface area contributed by atoms with E-state index in [1.54, 1.807) is 9.80 Å². The third-order valence-corrected chi connectivity index (χ3v) is 9.42. The van der Waals surface area contributed by atoms with Crippen molar-refractivity contribution in [3.8, 4) is 12.1 Å². The number of hydrogen-bond acceptors (Lipinski definition) is 8. The molecule has 2 atom stereocenters. The number of anilines is 1. The lowest BCUT2D eigenvalue weighted by Gasteiger charge is -2.41. The van der Waals surface area contributed by atoms with Crippen LogP contribution in [0.4, 0.5) is 5.82 Å². The number of likely N-dealkylation sites (N-methyl/N-ethyl adjacent to an activating group) is 1. The van der Waals surface area contributed by atoms with Crippen molar-refractivity contribution < 1.29 is 14.3 Å². The summed E-state index contributed by atoms with van der Waals surface area (Å²) in [5, 5.41) is 11.4. The molecule has 0 saturated carbocycles. The fourth-order valence-electron chi connectivity index (χ4n) is 6.42. The van der Waals surface area contributed by atoms with Crippen molar-refractivity contribution in [3.05, 3.63) is 70.3 Å². The van der Waals surface area contributed by atoms with Gasteiger partial charge in [0.2, 0.25) is 5.91 Å². The molecule has 0 spiro atoms. The van der Waals surface area contributed by atoms with Crippen molar-refractivity contribution in [1.82, 2.24) is 24.7 Å². The molecule has 2 aromatic carbocycles. The van der Waals surface area contributed by atoms with Crippen LogP contribution in [0.2, 0.25) is 0 Å². The zero-order chi connectivity index (χ0) is 30.1. The molecule has 0 aliphatic carbocycles. The first kappa shape index (κ1) is 29.1. The molecular formula is C32H34BrN7O3. The number of amides is 2. The number of carbonyl (C=O) groups excluding carboxylic acids is 2. The van der Waals surface area contributed by atoms with E-state index < -0.39 is 0 Å². The lowest BCUT2D eigenvalue weighted by Crippen LogP contribution is -2.55. The second-order valence-corrected chi connectivity index (χ2v) is 12.2. The van der Waals surface area contributed by atoms with E-state index >= 15 is 0 Å². The molecule has 2 fully saturated rings. The Hall–Kier alpha value is -4.01. The van der Waals surface area contributed by atoms with Crippen LogP contribution in [0, 0.1) is 11.3 Å². The number of ether oxygens (including phenoxy) is 1. The fourth-order valence-corrected chi connectivity index (χ4v) is 7.02. The second kappa shape index (κ2) is 12.3. The minimum absolute atomic E-state index is 0.0831. The molecular weight excluding hydrogens is 610 g/mol. The van der Waals surface area contributed by atoms with Gasteiger partial charge in [-0.3, -0.25) is 9.59 Å². The van der Waals surface area contributed by atoms with E-state index in [0.29, 0.717) is 56.8 Å². The molecule has 0 N–H and O–H groups in total. The maximum Gasteiger partial charge on any atom is 0.318 e. The average Bonchev–Trinajstić information content (AvgIpc) is 3.64. The predicted octanol–water partition coefficient (Wildman–Crippen LogP) is 4.14. The molecule has 3 aliphatic rings. The summed E-state index contributed by atoms with van der Waals surface area (Å²) < 4.78 is 7.06. The Morgan fingerprint density at radius 2 is 1.95 bits per heavy atom. The van der Waals surface area contributed by atoms with Gasteiger partial charge in [-0.1, -0.05) is 46.8 Å². The Balaban J connectivity index is 1.32. The number of nitriles is 1. The topological polar surface area (TPSA) is 106 Å². The molecule has 2 saturated heterocycles. The van der Waals surface area contributed by atoms with E-state index in [-0.39, 0.29) is 30.3 Å². The van der Waals surface area contributed by atoms with Gasteiger partial charge in [-0.15, -0.1) is 0 Å². The van der Waals surface area contributed by atoms with Crippen LogP contribution in [0.3, 0.4) is 0 Å². The summed E-state index contributed by atoms with van der Waals surface area (Å²) in [6.07, 6.45) is 3.69. The second-order valence-electron chi connectivity index (χ2n) is 11.3. The van der Waals surface area contributed by atoms with E-state index in [1.807, 2.05) is 36.4 Å². The molecule has 2 amide bonds. The summed E-state index contributed by atoms with van der Waals surface area (Å²) >= 11 is 3.64. The van der Waals surface area contributed by atoms with Crippen molar-refractivity contribution in [2.75, 3.05) is 44.7 Å². The van der Waals surface area contributed by atoms with Crippen molar-refractivity contribution >= 4 is 44.3 Å². The van der Waals surface area contributed by atoms with E-state index in [9.17, 15) is 14.9 Å². The summed E-state index contributed by atoms with van der Waals surface area (Å²) in [7, 11) is 2.10. The quantitative estimate of drug-likeness (QED) is 0.354. The summed E-state index contributed by atoms with van der Waals surface area (Å²) in [4.78, 5) is 44.1. The number of rotatable bonds is 7. The van der Waals surface area contributed by atoms with Crippen molar-refractivity contribution in [2.24, 2.45) is 0 Å². The van der Waals surface area contributed by atoms with Gasteiger partial charge in [-0.05, 0) is 50.0 Å². The van der Waals surface area contributed by atoms with Crippen molar-refractivity contribution in [1.29, 1.82) is 5.26 Å². The molecule has 11 heteroatoms. The average molecular weight is 645 g/mol. The third-order valence-electron chi connectivity index (χ3n) is 8.75. The number of benzene rings is 2. The van der Waals surface area contributed by atoms with E-state index in [2.05, 4.69) is 45.4 Å². The van der Waals surface area contributed by atoms with Gasteiger partial charge >= 0.3 is 6.01 Å². The molecule has 43 heavy (non-hydrogen) atoms. The van der Waals surface area contributed by atoms with Gasteiger partial charge in [0.05, 0.1) is 37.3 Å². The van der Waals surface area contributed by atoms with Crippen LogP contribution in [0.15, 0.2) is 53.5 Å². The largest absolute Gasteiger partial charge is 0.462 e. The maximum absolute atomic E-state index is 14.0. The summed E-state index contributed by atoms with van der Waals surface area (Å²) in [5.41, 5.74) is 2.25. The van der Waals surface area contributed by atoms with Gasteiger partial charge in [-0.25, -0.2) is 0 Å². The summed E-state index contributed by atoms with van der Waals surface area (Å²) in [6, 6.07) is 14.2. The highest BCUT2D eigenvalue weighted by atomic mass is 79.9. The van der Waals surface area contributed by atoms with Gasteiger partial charge < -0.3 is 24.3 Å². The molecule has 10 nitrogen and oxygen atoms in total. The molecule has 0 bridgehead atoms. The van der Waals surface area contributed by atoms with E-state index in [4.69, 9.17) is 14.7 Å². The third kappa shape index (κ3) is 5.69. The fraction of sp³-hybridized carbons (Fsp3) is 0.406. The highest BCUT2D eigenvalue weighted by Crippen LogP contribution is 2.35. The highest BCUT2D eigenvalue weighted by Gasteiger charge is 2.36. The Bertz CT molecular complexity index is 1620. The zero-order valence-corrected chi connectivity index (χ0v) is 25.8.